The third kappa shape index (κ3) is 1.91. The highest BCUT2D eigenvalue weighted by Crippen LogP contribution is 2.17. The standard InChI is InChI=1S/C10H18N2O2/c13-8-9-3-1-4-12(9)7-10(14)11-5-2-6-11/h9,13H,1-8H2. The summed E-state index contributed by atoms with van der Waals surface area (Å²) >= 11 is 0. The van der Waals surface area contributed by atoms with E-state index >= 15 is 0 Å². The van der Waals surface area contributed by atoms with Gasteiger partial charge in [0.25, 0.3) is 0 Å². The van der Waals surface area contributed by atoms with Crippen molar-refractivity contribution in [1.29, 1.82) is 0 Å². The first kappa shape index (κ1) is 9.93. The Labute approximate surface area is 84.5 Å². The zero-order valence-electron chi connectivity index (χ0n) is 8.48. The van der Waals surface area contributed by atoms with Crippen molar-refractivity contribution in [1.82, 2.24) is 9.80 Å². The summed E-state index contributed by atoms with van der Waals surface area (Å²) < 4.78 is 0. The predicted octanol–water partition coefficient (Wildman–Crippen LogP) is -0.325. The van der Waals surface area contributed by atoms with E-state index in [0.29, 0.717) is 6.54 Å². The molecule has 4 nitrogen and oxygen atoms in total. The Bertz CT molecular complexity index is 216. The normalized spacial score (nSPS) is 27.8. The number of carbonyl (C=O) groups is 1. The Morgan fingerprint density at radius 1 is 1.29 bits per heavy atom. The van der Waals surface area contributed by atoms with Crippen LogP contribution in [0.15, 0.2) is 0 Å². The van der Waals surface area contributed by atoms with E-state index in [9.17, 15) is 4.79 Å². The zero-order valence-corrected chi connectivity index (χ0v) is 8.48. The molecule has 80 valence electrons. The molecular weight excluding hydrogens is 180 g/mol. The number of rotatable bonds is 3. The van der Waals surface area contributed by atoms with Crippen LogP contribution in [0.2, 0.25) is 0 Å². The van der Waals surface area contributed by atoms with Gasteiger partial charge in [-0.3, -0.25) is 9.69 Å². The maximum absolute atomic E-state index is 11.6. The first-order valence-corrected chi connectivity index (χ1v) is 5.44. The molecule has 1 N–H and O–H groups in total. The molecule has 2 heterocycles. The van der Waals surface area contributed by atoms with E-state index < -0.39 is 0 Å². The van der Waals surface area contributed by atoms with Crippen molar-refractivity contribution in [2.75, 3.05) is 32.8 Å². The van der Waals surface area contributed by atoms with Gasteiger partial charge in [-0.25, -0.2) is 0 Å². The largest absolute Gasteiger partial charge is 0.395 e. The van der Waals surface area contributed by atoms with Gasteiger partial charge in [0.15, 0.2) is 0 Å². The molecule has 2 saturated heterocycles. The van der Waals surface area contributed by atoms with Crippen molar-refractivity contribution in [2.45, 2.75) is 25.3 Å². The van der Waals surface area contributed by atoms with Crippen LogP contribution in [0.5, 0.6) is 0 Å². The van der Waals surface area contributed by atoms with Gasteiger partial charge in [-0.05, 0) is 25.8 Å². The van der Waals surface area contributed by atoms with Gasteiger partial charge in [0.2, 0.25) is 5.91 Å². The van der Waals surface area contributed by atoms with Crippen molar-refractivity contribution in [3.8, 4) is 0 Å². The lowest BCUT2D eigenvalue weighted by atomic mass is 10.2. The van der Waals surface area contributed by atoms with Crippen molar-refractivity contribution in [3.63, 3.8) is 0 Å². The molecular formula is C10H18N2O2. The minimum Gasteiger partial charge on any atom is -0.395 e. The predicted molar refractivity (Wildman–Crippen MR) is 52.9 cm³/mol. The van der Waals surface area contributed by atoms with E-state index in [4.69, 9.17) is 5.11 Å². The SMILES string of the molecule is O=C(CN1CCCC1CO)N1CCC1. The van der Waals surface area contributed by atoms with Crippen LogP contribution in [0.3, 0.4) is 0 Å². The maximum atomic E-state index is 11.6. The number of hydrogen-bond donors (Lipinski definition) is 1. The van der Waals surface area contributed by atoms with Crippen LogP contribution in [0.25, 0.3) is 0 Å². The average Bonchev–Trinajstić information content (AvgIpc) is 2.48. The van der Waals surface area contributed by atoms with Gasteiger partial charge >= 0.3 is 0 Å². The number of nitrogens with zero attached hydrogens (tertiary/aromatic N) is 2. The quantitative estimate of drug-likeness (QED) is 0.675. The molecule has 2 aliphatic heterocycles. The molecule has 2 rings (SSSR count). The summed E-state index contributed by atoms with van der Waals surface area (Å²) in [5.74, 6) is 0.233. The second kappa shape index (κ2) is 4.28. The summed E-state index contributed by atoms with van der Waals surface area (Å²) in [5.41, 5.74) is 0. The summed E-state index contributed by atoms with van der Waals surface area (Å²) in [7, 11) is 0. The molecule has 2 aliphatic rings. The molecule has 0 aromatic carbocycles. The van der Waals surface area contributed by atoms with Crippen LogP contribution in [-0.2, 0) is 4.79 Å². The summed E-state index contributed by atoms with van der Waals surface area (Å²) in [6.45, 7) is 3.51. The highest BCUT2D eigenvalue weighted by Gasteiger charge is 2.28. The number of aliphatic hydroxyl groups excluding tert-OH is 1. The fourth-order valence-corrected chi connectivity index (χ4v) is 2.15. The molecule has 0 aromatic heterocycles. The topological polar surface area (TPSA) is 43.8 Å². The highest BCUT2D eigenvalue weighted by atomic mass is 16.3. The van der Waals surface area contributed by atoms with Crippen LogP contribution in [-0.4, -0.2) is 59.6 Å². The van der Waals surface area contributed by atoms with Gasteiger partial charge in [0, 0.05) is 19.1 Å². The smallest absolute Gasteiger partial charge is 0.236 e. The molecule has 0 saturated carbocycles. The minimum absolute atomic E-state index is 0.188. The summed E-state index contributed by atoms with van der Waals surface area (Å²) in [4.78, 5) is 15.7. The van der Waals surface area contributed by atoms with Crippen LogP contribution in [0, 0.1) is 0 Å². The number of hydrogen-bond acceptors (Lipinski definition) is 3. The van der Waals surface area contributed by atoms with Gasteiger partial charge in [0.05, 0.1) is 13.2 Å². The minimum atomic E-state index is 0.188. The second-order valence-electron chi connectivity index (χ2n) is 4.18. The molecule has 1 amide bonds. The van der Waals surface area contributed by atoms with Crippen molar-refractivity contribution >= 4 is 5.91 Å². The van der Waals surface area contributed by atoms with E-state index in [1.165, 1.54) is 0 Å². The Hall–Kier alpha value is -0.610. The molecule has 0 aliphatic carbocycles. The molecule has 2 fully saturated rings. The summed E-state index contributed by atoms with van der Waals surface area (Å²) in [6.07, 6.45) is 3.29. The lowest BCUT2D eigenvalue weighted by Crippen LogP contribution is -2.48. The Balaban J connectivity index is 1.80. The van der Waals surface area contributed by atoms with E-state index in [-0.39, 0.29) is 18.6 Å². The first-order chi connectivity index (χ1) is 6.81. The fourth-order valence-electron chi connectivity index (χ4n) is 2.15. The monoisotopic (exact) mass is 198 g/mol. The molecule has 1 unspecified atom stereocenters. The molecule has 0 radical (unpaired) electrons. The van der Waals surface area contributed by atoms with Gasteiger partial charge < -0.3 is 10.0 Å². The molecule has 0 bridgehead atoms. The van der Waals surface area contributed by atoms with Gasteiger partial charge in [0.1, 0.15) is 0 Å². The molecule has 4 heteroatoms. The molecule has 0 spiro atoms. The molecule has 14 heavy (non-hydrogen) atoms. The second-order valence-corrected chi connectivity index (χ2v) is 4.18. The molecule has 0 aromatic rings. The van der Waals surface area contributed by atoms with Crippen LogP contribution >= 0.6 is 0 Å². The van der Waals surface area contributed by atoms with E-state index in [1.807, 2.05) is 4.90 Å². The lowest BCUT2D eigenvalue weighted by Gasteiger charge is -2.33. The lowest BCUT2D eigenvalue weighted by molar-refractivity contribution is -0.136. The number of likely N-dealkylation sites (tertiary alicyclic amines) is 2. The first-order valence-electron chi connectivity index (χ1n) is 5.44. The van der Waals surface area contributed by atoms with E-state index in [1.54, 1.807) is 0 Å². The highest BCUT2D eigenvalue weighted by molar-refractivity contribution is 5.79. The van der Waals surface area contributed by atoms with Crippen LogP contribution < -0.4 is 0 Å². The van der Waals surface area contributed by atoms with Crippen molar-refractivity contribution < 1.29 is 9.90 Å². The van der Waals surface area contributed by atoms with E-state index in [0.717, 1.165) is 38.9 Å². The van der Waals surface area contributed by atoms with Gasteiger partial charge in [-0.15, -0.1) is 0 Å². The van der Waals surface area contributed by atoms with Crippen LogP contribution in [0.4, 0.5) is 0 Å². The summed E-state index contributed by atoms with van der Waals surface area (Å²) in [6, 6.07) is 0.222. The maximum Gasteiger partial charge on any atom is 0.236 e. The molecule has 1 atom stereocenters. The van der Waals surface area contributed by atoms with E-state index in [2.05, 4.69) is 4.90 Å². The average molecular weight is 198 g/mol. The Kier molecular flexibility index (Phi) is 3.03. The zero-order chi connectivity index (χ0) is 9.97. The Morgan fingerprint density at radius 2 is 2.07 bits per heavy atom. The number of aliphatic hydroxyl groups is 1. The number of carbonyl (C=O) groups excluding carboxylic acids is 1. The third-order valence-electron chi connectivity index (χ3n) is 3.26. The van der Waals surface area contributed by atoms with Crippen molar-refractivity contribution in [3.05, 3.63) is 0 Å². The Morgan fingerprint density at radius 3 is 2.64 bits per heavy atom. The summed E-state index contributed by atoms with van der Waals surface area (Å²) in [5, 5.41) is 9.09. The van der Waals surface area contributed by atoms with Crippen molar-refractivity contribution in [2.24, 2.45) is 0 Å². The number of amides is 1. The third-order valence-corrected chi connectivity index (χ3v) is 3.26. The fraction of sp³-hybridized carbons (Fsp3) is 0.900. The van der Waals surface area contributed by atoms with Gasteiger partial charge in [-0.2, -0.15) is 0 Å². The van der Waals surface area contributed by atoms with Crippen LogP contribution in [0.1, 0.15) is 19.3 Å². The van der Waals surface area contributed by atoms with Gasteiger partial charge in [-0.1, -0.05) is 0 Å².